The van der Waals surface area contributed by atoms with Crippen molar-refractivity contribution in [2.45, 2.75) is 20.3 Å². The molecule has 28 heavy (non-hydrogen) atoms. The van der Waals surface area contributed by atoms with Gasteiger partial charge in [0, 0.05) is 19.0 Å². The predicted molar refractivity (Wildman–Crippen MR) is 111 cm³/mol. The van der Waals surface area contributed by atoms with E-state index in [0.29, 0.717) is 34.1 Å². The van der Waals surface area contributed by atoms with E-state index >= 15 is 0 Å². The lowest BCUT2D eigenvalue weighted by Crippen LogP contribution is -2.13. The summed E-state index contributed by atoms with van der Waals surface area (Å²) in [7, 11) is 1.53. The van der Waals surface area contributed by atoms with Crippen LogP contribution in [0, 0.1) is 6.92 Å². The highest BCUT2D eigenvalue weighted by molar-refractivity contribution is 7.14. The second-order valence-electron chi connectivity index (χ2n) is 6.23. The maximum absolute atomic E-state index is 12.8. The first-order chi connectivity index (χ1) is 13.5. The summed E-state index contributed by atoms with van der Waals surface area (Å²) in [6, 6.07) is 15.1. The molecule has 1 aromatic heterocycles. The molecule has 0 unspecified atom stereocenters. The lowest BCUT2D eigenvalue weighted by molar-refractivity contribution is -0.114. The van der Waals surface area contributed by atoms with Crippen LogP contribution in [0.4, 0.5) is 11.4 Å². The molecule has 0 aliphatic carbocycles. The van der Waals surface area contributed by atoms with E-state index < -0.39 is 0 Å². The summed E-state index contributed by atoms with van der Waals surface area (Å²) in [5, 5.41) is 6.44. The van der Waals surface area contributed by atoms with Crippen LogP contribution in [0.25, 0.3) is 0 Å². The molecule has 0 saturated carbocycles. The Morgan fingerprint density at radius 1 is 1.11 bits per heavy atom. The van der Waals surface area contributed by atoms with Crippen LogP contribution in [0.3, 0.4) is 0 Å². The summed E-state index contributed by atoms with van der Waals surface area (Å²) in [4.78, 5) is 29.2. The van der Waals surface area contributed by atoms with Gasteiger partial charge in [-0.15, -0.1) is 11.3 Å². The van der Waals surface area contributed by atoms with Crippen molar-refractivity contribution in [1.29, 1.82) is 0 Å². The van der Waals surface area contributed by atoms with Gasteiger partial charge >= 0.3 is 0 Å². The van der Waals surface area contributed by atoms with Gasteiger partial charge in [0.1, 0.15) is 10.6 Å². The molecular formula is C21H21N3O3S. The molecule has 0 atom stereocenters. The first kappa shape index (κ1) is 19.6. The zero-order valence-corrected chi connectivity index (χ0v) is 16.7. The lowest BCUT2D eigenvalue weighted by atomic mass is 10.2. The molecule has 2 amide bonds. The Morgan fingerprint density at radius 2 is 1.86 bits per heavy atom. The molecule has 0 saturated heterocycles. The number of benzene rings is 2. The lowest BCUT2D eigenvalue weighted by Gasteiger charge is -2.12. The molecule has 2 aromatic carbocycles. The number of aromatic nitrogens is 1. The number of hydrogen-bond acceptors (Lipinski definition) is 5. The zero-order chi connectivity index (χ0) is 20.1. The number of rotatable bonds is 6. The van der Waals surface area contributed by atoms with Crippen LogP contribution in [-0.2, 0) is 11.2 Å². The maximum Gasteiger partial charge on any atom is 0.267 e. The van der Waals surface area contributed by atoms with Crippen molar-refractivity contribution in [3.8, 4) is 5.75 Å². The van der Waals surface area contributed by atoms with Crippen molar-refractivity contribution in [2.75, 3.05) is 17.7 Å². The molecule has 1 heterocycles. The number of ether oxygens (including phenoxy) is 1. The van der Waals surface area contributed by atoms with Crippen LogP contribution in [0.15, 0.2) is 48.5 Å². The molecule has 0 bridgehead atoms. The number of methoxy groups -OCH3 is 1. The van der Waals surface area contributed by atoms with Gasteiger partial charge in [0.2, 0.25) is 5.91 Å². The van der Waals surface area contributed by atoms with Gasteiger partial charge in [-0.2, -0.15) is 0 Å². The minimum absolute atomic E-state index is 0.189. The molecule has 7 heteroatoms. The van der Waals surface area contributed by atoms with Gasteiger partial charge in [0.05, 0.1) is 23.5 Å². The van der Waals surface area contributed by atoms with Gasteiger partial charge in [0.15, 0.2) is 0 Å². The van der Waals surface area contributed by atoms with Crippen LogP contribution < -0.4 is 15.4 Å². The van der Waals surface area contributed by atoms with E-state index in [1.54, 1.807) is 18.2 Å². The Balaban J connectivity index is 1.80. The molecule has 0 spiro atoms. The van der Waals surface area contributed by atoms with Crippen molar-refractivity contribution >= 4 is 34.5 Å². The fourth-order valence-corrected chi connectivity index (χ4v) is 3.77. The number of aryl methyl sites for hydroxylation is 1. The summed E-state index contributed by atoms with van der Waals surface area (Å²) in [6.07, 6.45) is 0.682. The molecule has 6 nitrogen and oxygen atoms in total. The highest BCUT2D eigenvalue weighted by Gasteiger charge is 2.17. The summed E-state index contributed by atoms with van der Waals surface area (Å²) < 4.78 is 5.32. The Bertz CT molecular complexity index is 999. The highest BCUT2D eigenvalue weighted by Crippen LogP contribution is 2.29. The van der Waals surface area contributed by atoms with Gasteiger partial charge in [-0.25, -0.2) is 4.98 Å². The van der Waals surface area contributed by atoms with Crippen molar-refractivity contribution in [1.82, 2.24) is 4.98 Å². The summed E-state index contributed by atoms with van der Waals surface area (Å²) in [5.74, 6) is 0.0630. The largest absolute Gasteiger partial charge is 0.495 e. The summed E-state index contributed by atoms with van der Waals surface area (Å²) in [5.41, 5.74) is 2.89. The van der Waals surface area contributed by atoms with E-state index in [0.717, 1.165) is 10.6 Å². The van der Waals surface area contributed by atoms with Gasteiger partial charge in [0.25, 0.3) is 5.91 Å². The number of nitrogens with one attached hydrogen (secondary N) is 2. The Kier molecular flexibility index (Phi) is 6.06. The third-order valence-electron chi connectivity index (χ3n) is 4.01. The molecule has 3 rings (SSSR count). The Morgan fingerprint density at radius 3 is 2.54 bits per heavy atom. The normalized spacial score (nSPS) is 10.4. The van der Waals surface area contributed by atoms with E-state index in [1.165, 1.54) is 25.4 Å². The molecule has 2 N–H and O–H groups in total. The average molecular weight is 395 g/mol. The quantitative estimate of drug-likeness (QED) is 0.653. The third-order valence-corrected chi connectivity index (χ3v) is 5.17. The fraction of sp³-hybridized carbons (Fsp3) is 0.190. The number of thiazole rings is 1. The Labute approximate surface area is 167 Å². The molecule has 0 fully saturated rings. The summed E-state index contributed by atoms with van der Waals surface area (Å²) in [6.45, 7) is 3.25. The minimum Gasteiger partial charge on any atom is -0.495 e. The van der Waals surface area contributed by atoms with Crippen molar-refractivity contribution in [3.05, 3.63) is 69.7 Å². The standard InChI is InChI=1S/C21H21N3O3S/c1-13-20(28-19(22-13)11-15-7-5-4-6-8-15)21(26)24-17-12-16(23-14(2)25)9-10-18(17)27-3/h4-10,12H,11H2,1-3H3,(H,23,25)(H,24,26). The number of carbonyl (C=O) groups is 2. The fourth-order valence-electron chi connectivity index (χ4n) is 2.77. The summed E-state index contributed by atoms with van der Waals surface area (Å²) >= 11 is 1.38. The van der Waals surface area contributed by atoms with Crippen LogP contribution in [0.5, 0.6) is 5.75 Å². The number of carbonyl (C=O) groups excluding carboxylic acids is 2. The Hall–Kier alpha value is -3.19. The van der Waals surface area contributed by atoms with E-state index in [9.17, 15) is 9.59 Å². The van der Waals surface area contributed by atoms with Crippen LogP contribution >= 0.6 is 11.3 Å². The van der Waals surface area contributed by atoms with Crippen molar-refractivity contribution in [3.63, 3.8) is 0 Å². The second-order valence-corrected chi connectivity index (χ2v) is 7.32. The maximum atomic E-state index is 12.8. The zero-order valence-electron chi connectivity index (χ0n) is 15.9. The smallest absolute Gasteiger partial charge is 0.267 e. The number of anilines is 2. The average Bonchev–Trinajstić information content (AvgIpc) is 3.02. The number of nitrogens with zero attached hydrogens (tertiary/aromatic N) is 1. The molecule has 3 aromatic rings. The van der Waals surface area contributed by atoms with Gasteiger partial charge in [-0.1, -0.05) is 30.3 Å². The van der Waals surface area contributed by atoms with Crippen molar-refractivity contribution in [2.24, 2.45) is 0 Å². The third kappa shape index (κ3) is 4.75. The first-order valence-corrected chi connectivity index (χ1v) is 9.55. The molecule has 0 radical (unpaired) electrons. The van der Waals surface area contributed by atoms with Gasteiger partial charge < -0.3 is 15.4 Å². The van der Waals surface area contributed by atoms with Crippen LogP contribution in [0.2, 0.25) is 0 Å². The monoisotopic (exact) mass is 395 g/mol. The van der Waals surface area contributed by atoms with Gasteiger partial charge in [-0.3, -0.25) is 9.59 Å². The number of amides is 2. The van der Waals surface area contributed by atoms with E-state index in [-0.39, 0.29) is 11.8 Å². The molecule has 144 valence electrons. The van der Waals surface area contributed by atoms with Gasteiger partial charge in [-0.05, 0) is 30.7 Å². The topological polar surface area (TPSA) is 80.3 Å². The SMILES string of the molecule is COc1ccc(NC(C)=O)cc1NC(=O)c1sc(Cc2ccccc2)nc1C. The van der Waals surface area contributed by atoms with Crippen LogP contribution in [-0.4, -0.2) is 23.9 Å². The number of hydrogen-bond donors (Lipinski definition) is 2. The van der Waals surface area contributed by atoms with E-state index in [2.05, 4.69) is 15.6 Å². The minimum atomic E-state index is -0.257. The molecule has 0 aliphatic heterocycles. The molecule has 0 aliphatic rings. The molecular weight excluding hydrogens is 374 g/mol. The predicted octanol–water partition coefficient (Wildman–Crippen LogP) is 4.26. The van der Waals surface area contributed by atoms with E-state index in [1.807, 2.05) is 37.3 Å². The highest BCUT2D eigenvalue weighted by atomic mass is 32.1. The van der Waals surface area contributed by atoms with Crippen LogP contribution in [0.1, 0.15) is 32.9 Å². The van der Waals surface area contributed by atoms with E-state index in [4.69, 9.17) is 4.74 Å². The van der Waals surface area contributed by atoms with Crippen molar-refractivity contribution < 1.29 is 14.3 Å². The second kappa shape index (κ2) is 8.67. The first-order valence-electron chi connectivity index (χ1n) is 8.73.